The molecule has 9 nitrogen and oxygen atoms in total. The zero-order chi connectivity index (χ0) is 19.6. The molecular weight excluding hydrogens is 348 g/mol. The van der Waals surface area contributed by atoms with Crippen molar-refractivity contribution in [1.29, 1.82) is 0 Å². The molecule has 2 aliphatic rings. The Hall–Kier alpha value is -2.45. The maximum Gasteiger partial charge on any atom is 0.307 e. The third-order valence-corrected chi connectivity index (χ3v) is 5.77. The van der Waals surface area contributed by atoms with Crippen molar-refractivity contribution in [1.82, 2.24) is 0 Å². The van der Waals surface area contributed by atoms with Crippen LogP contribution in [0.15, 0.2) is 0 Å². The highest BCUT2D eigenvalue weighted by atomic mass is 16.4. The molecule has 2 rings (SSSR count). The van der Waals surface area contributed by atoms with E-state index in [2.05, 4.69) is 0 Å². The van der Waals surface area contributed by atoms with Crippen molar-refractivity contribution < 1.29 is 44.4 Å². The lowest BCUT2D eigenvalue weighted by atomic mass is 9.66. The van der Waals surface area contributed by atoms with Crippen LogP contribution in [-0.4, -0.2) is 50.1 Å². The summed E-state index contributed by atoms with van der Waals surface area (Å²) in [5, 5.41) is 36.8. The smallest absolute Gasteiger partial charge is 0.307 e. The van der Waals surface area contributed by atoms with Crippen LogP contribution >= 0.6 is 0 Å². The van der Waals surface area contributed by atoms with Crippen LogP contribution in [0.4, 0.5) is 0 Å². The van der Waals surface area contributed by atoms with Crippen LogP contribution in [0.5, 0.6) is 0 Å². The van der Waals surface area contributed by atoms with Crippen molar-refractivity contribution in [2.45, 2.75) is 38.5 Å². The van der Waals surface area contributed by atoms with Crippen LogP contribution in [0.2, 0.25) is 0 Å². The zero-order valence-electron chi connectivity index (χ0n) is 14.0. The largest absolute Gasteiger partial charge is 0.481 e. The first kappa shape index (κ1) is 19.9. The van der Waals surface area contributed by atoms with Gasteiger partial charge in [0.25, 0.3) is 0 Å². The molecule has 0 aromatic carbocycles. The molecular formula is C17H22O9. The van der Waals surface area contributed by atoms with E-state index >= 15 is 0 Å². The van der Waals surface area contributed by atoms with Crippen molar-refractivity contribution in [2.75, 3.05) is 0 Å². The Balaban J connectivity index is 2.09. The van der Waals surface area contributed by atoms with Crippen molar-refractivity contribution in [2.24, 2.45) is 35.5 Å². The van der Waals surface area contributed by atoms with Crippen LogP contribution < -0.4 is 0 Å². The summed E-state index contributed by atoms with van der Waals surface area (Å²) in [6, 6.07) is 0. The Kier molecular flexibility index (Phi) is 5.99. The fourth-order valence-electron chi connectivity index (χ4n) is 4.33. The number of Topliss-reactive ketones (excluding diaryl/α,β-unsaturated/α-hetero) is 1. The number of carbonyl (C=O) groups excluding carboxylic acids is 1. The van der Waals surface area contributed by atoms with Gasteiger partial charge in [0, 0.05) is 11.8 Å². The van der Waals surface area contributed by atoms with Gasteiger partial charge in [0.05, 0.1) is 23.7 Å². The average Bonchev–Trinajstić information content (AvgIpc) is 2.59. The number of aliphatic carboxylic acids is 4. The highest BCUT2D eigenvalue weighted by Crippen LogP contribution is 2.41. The minimum absolute atomic E-state index is 0.0789. The lowest BCUT2D eigenvalue weighted by Crippen LogP contribution is -2.42. The van der Waals surface area contributed by atoms with E-state index in [1.807, 2.05) is 0 Å². The van der Waals surface area contributed by atoms with E-state index in [-0.39, 0.29) is 44.3 Å². The highest BCUT2D eigenvalue weighted by molar-refractivity contribution is 5.88. The quantitative estimate of drug-likeness (QED) is 0.532. The summed E-state index contributed by atoms with van der Waals surface area (Å²) in [5.41, 5.74) is 0. The van der Waals surface area contributed by atoms with E-state index in [0.717, 1.165) is 0 Å². The van der Waals surface area contributed by atoms with E-state index in [1.54, 1.807) is 0 Å². The molecule has 2 saturated carbocycles. The molecule has 0 aliphatic heterocycles. The summed E-state index contributed by atoms with van der Waals surface area (Å²) in [5.74, 6) is -10.8. The molecule has 6 unspecified atom stereocenters. The Morgan fingerprint density at radius 1 is 0.500 bits per heavy atom. The van der Waals surface area contributed by atoms with E-state index in [1.165, 1.54) is 0 Å². The van der Waals surface area contributed by atoms with Crippen molar-refractivity contribution in [3.63, 3.8) is 0 Å². The highest BCUT2D eigenvalue weighted by Gasteiger charge is 2.46. The van der Waals surface area contributed by atoms with Gasteiger partial charge < -0.3 is 20.4 Å². The van der Waals surface area contributed by atoms with Gasteiger partial charge in [-0.2, -0.15) is 0 Å². The minimum atomic E-state index is -1.26. The Morgan fingerprint density at radius 2 is 0.808 bits per heavy atom. The van der Waals surface area contributed by atoms with E-state index in [0.29, 0.717) is 0 Å². The monoisotopic (exact) mass is 370 g/mol. The number of hydrogen-bond acceptors (Lipinski definition) is 5. The van der Waals surface area contributed by atoms with E-state index < -0.39 is 59.4 Å². The van der Waals surface area contributed by atoms with Crippen LogP contribution in [-0.2, 0) is 24.0 Å². The van der Waals surface area contributed by atoms with E-state index in [4.69, 9.17) is 10.2 Å². The van der Waals surface area contributed by atoms with Gasteiger partial charge in [0.15, 0.2) is 0 Å². The molecule has 0 amide bonds. The Morgan fingerprint density at radius 3 is 1.08 bits per heavy atom. The normalized spacial score (nSPS) is 34.6. The van der Waals surface area contributed by atoms with Crippen molar-refractivity contribution >= 4 is 29.7 Å². The molecule has 26 heavy (non-hydrogen) atoms. The fourth-order valence-corrected chi connectivity index (χ4v) is 4.33. The Bertz CT molecular complexity index is 574. The molecule has 144 valence electrons. The molecule has 0 bridgehead atoms. The lowest BCUT2D eigenvalue weighted by molar-refractivity contribution is -0.159. The predicted molar refractivity (Wildman–Crippen MR) is 84.2 cm³/mol. The summed E-state index contributed by atoms with van der Waals surface area (Å²) < 4.78 is 0. The third kappa shape index (κ3) is 4.03. The maximum absolute atomic E-state index is 12.8. The maximum atomic E-state index is 12.8. The zero-order valence-corrected chi connectivity index (χ0v) is 14.0. The van der Waals surface area contributed by atoms with Gasteiger partial charge in [-0.1, -0.05) is 0 Å². The van der Waals surface area contributed by atoms with Gasteiger partial charge >= 0.3 is 23.9 Å². The summed E-state index contributed by atoms with van der Waals surface area (Å²) in [4.78, 5) is 57.9. The fraction of sp³-hybridized carbons (Fsp3) is 0.706. The van der Waals surface area contributed by atoms with Crippen molar-refractivity contribution in [3.8, 4) is 0 Å². The molecule has 0 aromatic rings. The van der Waals surface area contributed by atoms with Gasteiger partial charge in [-0.3, -0.25) is 24.0 Å². The van der Waals surface area contributed by atoms with Crippen LogP contribution in [0, 0.1) is 35.5 Å². The molecule has 0 saturated heterocycles. The summed E-state index contributed by atoms with van der Waals surface area (Å²) in [6.45, 7) is 0. The summed E-state index contributed by atoms with van der Waals surface area (Å²) in [7, 11) is 0. The van der Waals surface area contributed by atoms with Crippen LogP contribution in [0.3, 0.4) is 0 Å². The average molecular weight is 370 g/mol. The second kappa shape index (κ2) is 7.84. The summed E-state index contributed by atoms with van der Waals surface area (Å²) >= 11 is 0. The topological polar surface area (TPSA) is 166 Å². The molecule has 0 radical (unpaired) electrons. The van der Waals surface area contributed by atoms with Gasteiger partial charge in [-0.05, 0) is 38.5 Å². The summed E-state index contributed by atoms with van der Waals surface area (Å²) in [6.07, 6.45) is 0.487. The SMILES string of the molecule is O=C(C1CCC(C(=O)O)C(C(=O)O)C1)C1CCC(C(=O)O)C(C(=O)O)C1. The second-order valence-electron chi connectivity index (χ2n) is 7.20. The number of rotatable bonds is 6. The molecule has 0 spiro atoms. The lowest BCUT2D eigenvalue weighted by Gasteiger charge is -2.35. The van der Waals surface area contributed by atoms with Crippen LogP contribution in [0.25, 0.3) is 0 Å². The Labute approximate surface area is 149 Å². The molecule has 0 aromatic heterocycles. The van der Waals surface area contributed by atoms with Crippen LogP contribution in [0.1, 0.15) is 38.5 Å². The molecule has 2 fully saturated rings. The standard InChI is InChI=1S/C17H22O9/c18-13(7-1-3-9(14(19)20)11(5-7)16(23)24)8-2-4-10(15(21)22)12(6-8)17(25)26/h7-12H,1-6H2,(H,19,20)(H,21,22)(H,23,24)(H,25,26). The number of carboxylic acid groups (broad SMARTS) is 4. The molecule has 6 atom stereocenters. The first-order valence-electron chi connectivity index (χ1n) is 8.58. The molecule has 0 heterocycles. The number of ketones is 1. The molecule has 4 N–H and O–H groups in total. The first-order chi connectivity index (χ1) is 12.1. The van der Waals surface area contributed by atoms with E-state index in [9.17, 15) is 34.2 Å². The van der Waals surface area contributed by atoms with Crippen molar-refractivity contribution in [3.05, 3.63) is 0 Å². The third-order valence-electron chi connectivity index (χ3n) is 5.77. The van der Waals surface area contributed by atoms with Gasteiger partial charge in [-0.25, -0.2) is 0 Å². The second-order valence-corrected chi connectivity index (χ2v) is 7.20. The molecule has 9 heteroatoms. The van der Waals surface area contributed by atoms with Gasteiger partial charge in [-0.15, -0.1) is 0 Å². The van der Waals surface area contributed by atoms with Gasteiger partial charge in [0.1, 0.15) is 5.78 Å². The molecule has 2 aliphatic carbocycles. The van der Waals surface area contributed by atoms with Gasteiger partial charge in [0.2, 0.25) is 0 Å². The predicted octanol–water partition coefficient (Wildman–Crippen LogP) is 0.959. The number of carbonyl (C=O) groups is 5. The number of carboxylic acids is 4. The number of hydrogen-bond donors (Lipinski definition) is 4. The first-order valence-corrected chi connectivity index (χ1v) is 8.58. The minimum Gasteiger partial charge on any atom is -0.481 e.